The second-order valence-corrected chi connectivity index (χ2v) is 19.4. The molecule has 154 valence electrons. The van der Waals surface area contributed by atoms with Gasteiger partial charge in [-0.3, -0.25) is 0 Å². The van der Waals surface area contributed by atoms with Crippen LogP contribution in [0.25, 0.3) is 0 Å². The molecule has 0 spiro atoms. The number of rotatable bonds is 7. The molecule has 3 rings (SSSR count). The molecule has 1 unspecified atom stereocenters. The third-order valence-corrected chi connectivity index (χ3v) is 21.3. The summed E-state index contributed by atoms with van der Waals surface area (Å²) in [6.07, 6.45) is 0. The van der Waals surface area contributed by atoms with Gasteiger partial charge in [-0.25, -0.2) is 0 Å². The monoisotopic (exact) mass is 510 g/mol. The van der Waals surface area contributed by atoms with Gasteiger partial charge in [-0.15, -0.1) is 0 Å². The summed E-state index contributed by atoms with van der Waals surface area (Å²) in [5.41, 5.74) is 0. The van der Waals surface area contributed by atoms with Crippen LogP contribution in [0.2, 0.25) is 3.93 Å². The minimum atomic E-state index is -3.91. The molecule has 0 radical (unpaired) electrons. The third kappa shape index (κ3) is 4.01. The Morgan fingerprint density at radius 3 is 1.20 bits per heavy atom. The van der Waals surface area contributed by atoms with Crippen molar-refractivity contribution in [1.29, 1.82) is 0 Å². The third-order valence-electron chi connectivity index (χ3n) is 5.78. The van der Waals surface area contributed by atoms with Gasteiger partial charge in [-0.05, 0) is 0 Å². The van der Waals surface area contributed by atoms with Crippen LogP contribution in [0.3, 0.4) is 0 Å². The van der Waals surface area contributed by atoms with Crippen molar-refractivity contribution in [2.75, 3.05) is 14.2 Å². The first-order valence-corrected chi connectivity index (χ1v) is 15.8. The molecule has 5 heteroatoms. The van der Waals surface area contributed by atoms with Crippen LogP contribution < -0.4 is 10.7 Å². The van der Waals surface area contributed by atoms with E-state index < -0.39 is 36.2 Å². The molecule has 30 heavy (non-hydrogen) atoms. The van der Waals surface area contributed by atoms with E-state index in [0.29, 0.717) is 0 Å². The SMILES string of the molecule is COC(=O)C(C(=O)OC)[CH](C)[Sn]([c]1ccccc1)([c]1ccccc1)[c]1ccccc1. The van der Waals surface area contributed by atoms with Crippen LogP contribution in [0.15, 0.2) is 91.0 Å². The molecular formula is C25H26O4Sn. The van der Waals surface area contributed by atoms with Crippen molar-refractivity contribution in [1.82, 2.24) is 0 Å². The Labute approximate surface area is 181 Å². The number of methoxy groups -OCH3 is 2. The Kier molecular flexibility index (Phi) is 7.32. The summed E-state index contributed by atoms with van der Waals surface area (Å²) in [7, 11) is 2.63. The van der Waals surface area contributed by atoms with Gasteiger partial charge in [0.05, 0.1) is 0 Å². The maximum absolute atomic E-state index is 12.8. The van der Waals surface area contributed by atoms with Crippen molar-refractivity contribution in [3.8, 4) is 0 Å². The summed E-state index contributed by atoms with van der Waals surface area (Å²) in [6.45, 7) is 2.00. The Hall–Kier alpha value is -2.60. The molecule has 0 amide bonds. The van der Waals surface area contributed by atoms with Crippen LogP contribution in [0, 0.1) is 5.92 Å². The summed E-state index contributed by atoms with van der Waals surface area (Å²) in [4.78, 5) is 25.6. The van der Waals surface area contributed by atoms with E-state index in [9.17, 15) is 9.59 Å². The molecule has 0 saturated carbocycles. The molecule has 0 aliphatic rings. The molecule has 3 aromatic rings. The van der Waals surface area contributed by atoms with Crippen molar-refractivity contribution in [2.45, 2.75) is 10.9 Å². The van der Waals surface area contributed by atoms with Crippen LogP contribution in [0.5, 0.6) is 0 Å². The first-order chi connectivity index (χ1) is 14.6. The Bertz CT molecular complexity index is 861. The van der Waals surface area contributed by atoms with Crippen molar-refractivity contribution < 1.29 is 19.1 Å². The van der Waals surface area contributed by atoms with Gasteiger partial charge in [0.15, 0.2) is 0 Å². The second kappa shape index (κ2) is 9.94. The molecule has 0 bridgehead atoms. The Morgan fingerprint density at radius 1 is 0.633 bits per heavy atom. The van der Waals surface area contributed by atoms with Crippen LogP contribution >= 0.6 is 0 Å². The van der Waals surface area contributed by atoms with Gasteiger partial charge in [0.2, 0.25) is 0 Å². The molecular weight excluding hydrogens is 483 g/mol. The van der Waals surface area contributed by atoms with Crippen LogP contribution in [-0.2, 0) is 19.1 Å². The standard InChI is InChI=1S/C7H11O4.3C6H5.Sn/c1-4-5(6(8)10-2)7(9)11-3;3*1-2-4-6-5-3-1;/h4-5H,1-3H3;3*1-5H;. The zero-order valence-electron chi connectivity index (χ0n) is 17.4. The molecule has 0 N–H and O–H groups in total. The number of ether oxygens (including phenoxy) is 2. The molecule has 3 aromatic carbocycles. The number of carbonyl (C=O) groups excluding carboxylic acids is 2. The fourth-order valence-electron chi connectivity index (χ4n) is 4.40. The number of carbonyl (C=O) groups is 2. The first kappa shape index (κ1) is 22.1. The van der Waals surface area contributed by atoms with E-state index in [0.717, 1.165) is 0 Å². The summed E-state index contributed by atoms with van der Waals surface area (Å²) in [5.74, 6) is -2.12. The average molecular weight is 509 g/mol. The summed E-state index contributed by atoms with van der Waals surface area (Å²) < 4.78 is 13.4. The van der Waals surface area contributed by atoms with E-state index in [2.05, 4.69) is 36.4 Å². The van der Waals surface area contributed by atoms with Gasteiger partial charge in [0.1, 0.15) is 0 Å². The van der Waals surface area contributed by atoms with E-state index in [1.807, 2.05) is 61.5 Å². The first-order valence-electron chi connectivity index (χ1n) is 9.89. The number of hydrogen-bond donors (Lipinski definition) is 0. The summed E-state index contributed by atoms with van der Waals surface area (Å²) in [5, 5.41) is 0. The van der Waals surface area contributed by atoms with Gasteiger partial charge in [0.25, 0.3) is 0 Å². The van der Waals surface area contributed by atoms with Crippen molar-refractivity contribution in [3.05, 3.63) is 91.0 Å². The zero-order chi connectivity index (χ0) is 21.6. The molecule has 0 heterocycles. The minimum absolute atomic E-state index is 0.286. The summed E-state index contributed by atoms with van der Waals surface area (Å²) >= 11 is -3.91. The van der Waals surface area contributed by atoms with Crippen molar-refractivity contribution in [3.63, 3.8) is 0 Å². The van der Waals surface area contributed by atoms with E-state index >= 15 is 0 Å². The normalized spacial score (nSPS) is 12.3. The number of esters is 2. The molecule has 0 aromatic heterocycles. The van der Waals surface area contributed by atoms with E-state index in [-0.39, 0.29) is 3.93 Å². The predicted octanol–water partition coefficient (Wildman–Crippen LogP) is 2.51. The average Bonchev–Trinajstić information content (AvgIpc) is 2.81. The maximum atomic E-state index is 12.8. The van der Waals surface area contributed by atoms with Crippen LogP contribution in [0.4, 0.5) is 0 Å². The number of hydrogen-bond acceptors (Lipinski definition) is 4. The molecule has 0 fully saturated rings. The van der Waals surface area contributed by atoms with Gasteiger partial charge in [-0.2, -0.15) is 0 Å². The van der Waals surface area contributed by atoms with E-state index in [4.69, 9.17) is 9.47 Å². The Balaban J connectivity index is 2.39. The van der Waals surface area contributed by atoms with Gasteiger partial charge < -0.3 is 0 Å². The molecule has 0 saturated heterocycles. The van der Waals surface area contributed by atoms with Crippen molar-refractivity contribution >= 4 is 41.1 Å². The number of benzene rings is 3. The molecule has 0 aliphatic heterocycles. The fraction of sp³-hybridized carbons (Fsp3) is 0.200. The zero-order valence-corrected chi connectivity index (χ0v) is 20.3. The van der Waals surface area contributed by atoms with Crippen LogP contribution in [0.1, 0.15) is 6.92 Å². The Morgan fingerprint density at radius 2 is 0.933 bits per heavy atom. The van der Waals surface area contributed by atoms with Gasteiger partial charge in [-0.1, -0.05) is 0 Å². The topological polar surface area (TPSA) is 52.6 Å². The van der Waals surface area contributed by atoms with E-state index in [1.165, 1.54) is 25.0 Å². The second-order valence-electron chi connectivity index (χ2n) is 7.22. The fourth-order valence-corrected chi connectivity index (χ4v) is 20.1. The predicted molar refractivity (Wildman–Crippen MR) is 121 cm³/mol. The van der Waals surface area contributed by atoms with Gasteiger partial charge >= 0.3 is 182 Å². The summed E-state index contributed by atoms with van der Waals surface area (Å²) in [6, 6.07) is 30.8. The van der Waals surface area contributed by atoms with Gasteiger partial charge in [0, 0.05) is 0 Å². The van der Waals surface area contributed by atoms with E-state index in [1.54, 1.807) is 0 Å². The molecule has 4 nitrogen and oxygen atoms in total. The molecule has 1 atom stereocenters. The quantitative estimate of drug-likeness (QED) is 0.279. The van der Waals surface area contributed by atoms with Crippen molar-refractivity contribution in [2.24, 2.45) is 5.92 Å². The molecule has 0 aliphatic carbocycles. The van der Waals surface area contributed by atoms with Crippen LogP contribution in [-0.4, -0.2) is 44.5 Å².